The summed E-state index contributed by atoms with van der Waals surface area (Å²) in [6.07, 6.45) is 0.418. The third kappa shape index (κ3) is 1.84. The first-order valence-electron chi connectivity index (χ1n) is 5.28. The predicted molar refractivity (Wildman–Crippen MR) is 64.0 cm³/mol. The fourth-order valence-corrected chi connectivity index (χ4v) is 1.60. The van der Waals surface area contributed by atoms with Gasteiger partial charge < -0.3 is 10.2 Å². The highest BCUT2D eigenvalue weighted by atomic mass is 15.3. The van der Waals surface area contributed by atoms with Gasteiger partial charge in [0.2, 0.25) is 0 Å². The van der Waals surface area contributed by atoms with Gasteiger partial charge in [0.15, 0.2) is 0 Å². The summed E-state index contributed by atoms with van der Waals surface area (Å²) in [6, 6.07) is 6.51. The van der Waals surface area contributed by atoms with Gasteiger partial charge in [-0.15, -0.1) is 0 Å². The molecule has 0 aromatic heterocycles. The van der Waals surface area contributed by atoms with Crippen LogP contribution < -0.4 is 10.2 Å². The normalized spacial score (nSPS) is 18.1. The molecule has 2 rings (SSSR count). The van der Waals surface area contributed by atoms with Gasteiger partial charge in [-0.25, -0.2) is 0 Å². The number of benzene rings is 1. The van der Waals surface area contributed by atoms with E-state index in [1.807, 2.05) is 13.8 Å². The molecule has 14 heavy (non-hydrogen) atoms. The Morgan fingerprint density at radius 3 is 2.57 bits per heavy atom. The average molecular weight is 192 g/mol. The lowest BCUT2D eigenvalue weighted by Gasteiger charge is -2.16. The second-order valence-corrected chi connectivity index (χ2v) is 3.45. The van der Waals surface area contributed by atoms with Crippen LogP contribution in [-0.2, 0) is 0 Å². The van der Waals surface area contributed by atoms with Crippen molar-refractivity contribution in [3.63, 3.8) is 0 Å². The highest BCUT2D eigenvalue weighted by Crippen LogP contribution is 2.33. The molecule has 1 aromatic rings. The Hall–Kier alpha value is -1.18. The van der Waals surface area contributed by atoms with Crippen LogP contribution in [0, 0.1) is 6.92 Å². The van der Waals surface area contributed by atoms with Gasteiger partial charge in [0, 0.05) is 7.05 Å². The lowest BCUT2D eigenvalue weighted by molar-refractivity contribution is 0.806. The molecule has 0 amide bonds. The fourth-order valence-electron chi connectivity index (χ4n) is 1.60. The topological polar surface area (TPSA) is 15.3 Å². The Kier molecular flexibility index (Phi) is 3.39. The Balaban J connectivity index is 0.000000461. The first kappa shape index (κ1) is 10.9. The predicted octanol–water partition coefficient (Wildman–Crippen LogP) is 3.23. The van der Waals surface area contributed by atoms with Gasteiger partial charge in [0.25, 0.3) is 0 Å². The zero-order valence-corrected chi connectivity index (χ0v) is 9.76. The first-order chi connectivity index (χ1) is 6.68. The van der Waals surface area contributed by atoms with Gasteiger partial charge in [-0.2, -0.15) is 0 Å². The highest BCUT2D eigenvalue weighted by molar-refractivity contribution is 5.76. The molecule has 1 N–H and O–H groups in total. The molecule has 0 radical (unpaired) electrons. The fraction of sp³-hybridized carbons (Fsp3) is 0.500. The van der Waals surface area contributed by atoms with Gasteiger partial charge in [0.1, 0.15) is 0 Å². The summed E-state index contributed by atoms with van der Waals surface area (Å²) in [5.74, 6) is 0. The molecule has 1 aliphatic rings. The molecule has 1 aromatic carbocycles. The molecule has 2 heteroatoms. The molecule has 0 aliphatic carbocycles. The third-order valence-corrected chi connectivity index (χ3v) is 2.48. The smallest absolute Gasteiger partial charge is 0.0959 e. The SMILES string of the molecule is CC.Cc1ccc2c(c1)NC(C)N2C. The van der Waals surface area contributed by atoms with E-state index in [-0.39, 0.29) is 0 Å². The number of aryl methyl sites for hydroxylation is 1. The summed E-state index contributed by atoms with van der Waals surface area (Å²) < 4.78 is 0. The number of rotatable bonds is 0. The van der Waals surface area contributed by atoms with E-state index in [0.29, 0.717) is 6.17 Å². The van der Waals surface area contributed by atoms with Crippen LogP contribution >= 0.6 is 0 Å². The van der Waals surface area contributed by atoms with Crippen molar-refractivity contribution in [2.75, 3.05) is 17.3 Å². The van der Waals surface area contributed by atoms with E-state index in [1.54, 1.807) is 0 Å². The number of hydrogen-bond acceptors (Lipinski definition) is 2. The summed E-state index contributed by atoms with van der Waals surface area (Å²) in [4.78, 5) is 2.24. The molecule has 0 saturated carbocycles. The maximum absolute atomic E-state index is 3.41. The van der Waals surface area contributed by atoms with Gasteiger partial charge in [-0.05, 0) is 31.5 Å². The number of anilines is 2. The molecule has 0 fully saturated rings. The third-order valence-electron chi connectivity index (χ3n) is 2.48. The van der Waals surface area contributed by atoms with Crippen LogP contribution in [-0.4, -0.2) is 13.2 Å². The molecule has 0 spiro atoms. The molecule has 0 saturated heterocycles. The second-order valence-electron chi connectivity index (χ2n) is 3.45. The van der Waals surface area contributed by atoms with E-state index in [9.17, 15) is 0 Å². The van der Waals surface area contributed by atoms with Gasteiger partial charge in [0.05, 0.1) is 17.5 Å². The van der Waals surface area contributed by atoms with Crippen LogP contribution in [0.15, 0.2) is 18.2 Å². The van der Waals surface area contributed by atoms with Crippen LogP contribution in [0.25, 0.3) is 0 Å². The van der Waals surface area contributed by atoms with Crippen LogP contribution in [0.2, 0.25) is 0 Å². The summed E-state index contributed by atoms with van der Waals surface area (Å²) in [6.45, 7) is 8.28. The molecule has 1 aliphatic heterocycles. The lowest BCUT2D eigenvalue weighted by atomic mass is 10.2. The van der Waals surface area contributed by atoms with Crippen molar-refractivity contribution in [3.8, 4) is 0 Å². The molecule has 0 bridgehead atoms. The van der Waals surface area contributed by atoms with Crippen LogP contribution in [0.5, 0.6) is 0 Å². The average Bonchev–Trinajstić information content (AvgIpc) is 2.45. The van der Waals surface area contributed by atoms with Gasteiger partial charge in [-0.1, -0.05) is 19.9 Å². The zero-order chi connectivity index (χ0) is 10.7. The van der Waals surface area contributed by atoms with Crippen molar-refractivity contribution >= 4 is 11.4 Å². The van der Waals surface area contributed by atoms with Crippen LogP contribution in [0.3, 0.4) is 0 Å². The molecule has 1 unspecified atom stereocenters. The van der Waals surface area contributed by atoms with Crippen molar-refractivity contribution in [3.05, 3.63) is 23.8 Å². The Labute approximate surface area is 86.9 Å². The van der Waals surface area contributed by atoms with Gasteiger partial charge in [-0.3, -0.25) is 0 Å². The Morgan fingerprint density at radius 1 is 1.29 bits per heavy atom. The van der Waals surface area contributed by atoms with Gasteiger partial charge >= 0.3 is 0 Å². The van der Waals surface area contributed by atoms with E-state index < -0.39 is 0 Å². The quantitative estimate of drug-likeness (QED) is 0.679. The van der Waals surface area contributed by atoms with Crippen molar-refractivity contribution in [1.29, 1.82) is 0 Å². The Bertz CT molecular complexity index is 307. The molecule has 2 nitrogen and oxygen atoms in total. The van der Waals surface area contributed by atoms with Crippen LogP contribution in [0.1, 0.15) is 26.3 Å². The summed E-state index contributed by atoms with van der Waals surface area (Å²) in [7, 11) is 2.11. The summed E-state index contributed by atoms with van der Waals surface area (Å²) in [5.41, 5.74) is 3.86. The summed E-state index contributed by atoms with van der Waals surface area (Å²) >= 11 is 0. The monoisotopic (exact) mass is 192 g/mol. The molecule has 1 atom stereocenters. The minimum Gasteiger partial charge on any atom is -0.364 e. The molecule has 1 heterocycles. The van der Waals surface area contributed by atoms with Crippen molar-refractivity contribution in [1.82, 2.24) is 0 Å². The standard InChI is InChI=1S/C10H14N2.C2H6/c1-7-4-5-10-9(6-7)11-8(2)12(10)3;1-2/h4-6,8,11H,1-3H3;1-2H3. The lowest BCUT2D eigenvalue weighted by Crippen LogP contribution is -2.28. The van der Waals surface area contributed by atoms with E-state index >= 15 is 0 Å². The minimum absolute atomic E-state index is 0.418. The van der Waals surface area contributed by atoms with Crippen molar-refractivity contribution < 1.29 is 0 Å². The minimum atomic E-state index is 0.418. The number of nitrogens with one attached hydrogen (secondary N) is 1. The molecular formula is C12H20N2. The Morgan fingerprint density at radius 2 is 1.93 bits per heavy atom. The number of hydrogen-bond donors (Lipinski definition) is 1. The van der Waals surface area contributed by atoms with E-state index in [4.69, 9.17) is 0 Å². The van der Waals surface area contributed by atoms with Crippen LogP contribution in [0.4, 0.5) is 11.4 Å². The maximum Gasteiger partial charge on any atom is 0.0959 e. The number of nitrogens with zero attached hydrogens (tertiary/aromatic N) is 1. The first-order valence-corrected chi connectivity index (χ1v) is 5.28. The number of fused-ring (bicyclic) bond motifs is 1. The zero-order valence-electron chi connectivity index (χ0n) is 9.76. The van der Waals surface area contributed by atoms with Crippen molar-refractivity contribution in [2.45, 2.75) is 33.9 Å². The second kappa shape index (κ2) is 4.36. The van der Waals surface area contributed by atoms with E-state index in [1.165, 1.54) is 16.9 Å². The highest BCUT2D eigenvalue weighted by Gasteiger charge is 2.20. The van der Waals surface area contributed by atoms with E-state index in [2.05, 4.69) is 49.3 Å². The van der Waals surface area contributed by atoms with E-state index in [0.717, 1.165) is 0 Å². The molecule has 78 valence electrons. The largest absolute Gasteiger partial charge is 0.364 e. The summed E-state index contributed by atoms with van der Waals surface area (Å²) in [5, 5.41) is 3.41. The molecular weight excluding hydrogens is 172 g/mol. The van der Waals surface area contributed by atoms with Crippen molar-refractivity contribution in [2.24, 2.45) is 0 Å². The maximum atomic E-state index is 3.41.